The second-order valence-electron chi connectivity index (χ2n) is 7.39. The van der Waals surface area contributed by atoms with E-state index < -0.39 is 17.2 Å². The number of hydrogen-bond acceptors (Lipinski definition) is 6. The SMILES string of the molecule is CC.Cc1cc2nc3c(=O)[nH]c(=O)nc-3n(CCCCCCC(=O)O)c2cc1N(C)C. The van der Waals surface area contributed by atoms with E-state index in [0.717, 1.165) is 36.0 Å². The maximum Gasteiger partial charge on any atom is 0.349 e. The van der Waals surface area contributed by atoms with Gasteiger partial charge in [0.05, 0.1) is 11.0 Å². The van der Waals surface area contributed by atoms with Gasteiger partial charge in [-0.2, -0.15) is 4.98 Å². The predicted molar refractivity (Wildman–Crippen MR) is 122 cm³/mol. The number of aromatic nitrogens is 4. The maximum atomic E-state index is 12.3. The molecular formula is C22H31N5O4. The molecule has 0 aliphatic carbocycles. The first-order chi connectivity index (χ1) is 14.8. The van der Waals surface area contributed by atoms with Gasteiger partial charge in [-0.1, -0.05) is 26.7 Å². The lowest BCUT2D eigenvalue weighted by atomic mass is 10.1. The number of aryl methyl sites for hydroxylation is 2. The third-order valence-corrected chi connectivity index (χ3v) is 4.93. The van der Waals surface area contributed by atoms with Crippen LogP contribution in [0.3, 0.4) is 0 Å². The molecule has 0 aromatic heterocycles. The molecular weight excluding hydrogens is 398 g/mol. The molecule has 3 rings (SSSR count). The number of carbonyl (C=O) groups is 1. The van der Waals surface area contributed by atoms with Gasteiger partial charge in [0, 0.05) is 32.7 Å². The highest BCUT2D eigenvalue weighted by Crippen LogP contribution is 2.28. The zero-order valence-corrected chi connectivity index (χ0v) is 18.9. The largest absolute Gasteiger partial charge is 0.481 e. The number of fused-ring (bicyclic) bond motifs is 2. The maximum absolute atomic E-state index is 12.3. The lowest BCUT2D eigenvalue weighted by molar-refractivity contribution is -0.137. The molecule has 1 aromatic carbocycles. The van der Waals surface area contributed by atoms with E-state index in [-0.39, 0.29) is 17.9 Å². The smallest absolute Gasteiger partial charge is 0.349 e. The van der Waals surface area contributed by atoms with Gasteiger partial charge in [-0.05, 0) is 37.5 Å². The molecule has 0 fully saturated rings. The number of rotatable bonds is 8. The van der Waals surface area contributed by atoms with Crippen molar-refractivity contribution in [2.24, 2.45) is 0 Å². The van der Waals surface area contributed by atoms with Gasteiger partial charge in [-0.3, -0.25) is 14.6 Å². The van der Waals surface area contributed by atoms with Gasteiger partial charge in [0.1, 0.15) is 0 Å². The molecule has 0 radical (unpaired) electrons. The highest BCUT2D eigenvalue weighted by atomic mass is 16.4. The summed E-state index contributed by atoms with van der Waals surface area (Å²) in [6.45, 7) is 6.53. The number of carboxylic acid groups (broad SMARTS) is 1. The van der Waals surface area contributed by atoms with Crippen molar-refractivity contribution in [1.82, 2.24) is 19.5 Å². The summed E-state index contributed by atoms with van der Waals surface area (Å²) < 4.78 is 1.87. The number of nitrogens with one attached hydrogen (secondary N) is 1. The zero-order valence-electron chi connectivity index (χ0n) is 18.9. The summed E-state index contributed by atoms with van der Waals surface area (Å²) >= 11 is 0. The standard InChI is InChI=1S/C20H25N5O4.C2H6/c1-12-10-13-15(11-14(12)24(2)3)25(9-7-5-4-6-8-16(26)27)18-17(21-13)19(28)23-20(29)22-18;1-2/h10-11H,4-9H2,1-3H3,(H,26,27)(H,23,28,29);1-2H3. The summed E-state index contributed by atoms with van der Waals surface area (Å²) in [5, 5.41) is 8.74. The van der Waals surface area contributed by atoms with Crippen LogP contribution in [0.25, 0.3) is 22.6 Å². The first-order valence-electron chi connectivity index (χ1n) is 10.6. The van der Waals surface area contributed by atoms with Crippen LogP contribution in [0.1, 0.15) is 51.5 Å². The van der Waals surface area contributed by atoms with Crippen LogP contribution in [0.2, 0.25) is 0 Å². The van der Waals surface area contributed by atoms with Gasteiger partial charge in [0.2, 0.25) is 0 Å². The Morgan fingerprint density at radius 3 is 2.42 bits per heavy atom. The van der Waals surface area contributed by atoms with Gasteiger partial charge < -0.3 is 14.6 Å². The summed E-state index contributed by atoms with van der Waals surface area (Å²) in [5.74, 6) is -0.520. The van der Waals surface area contributed by atoms with E-state index in [2.05, 4.69) is 15.0 Å². The zero-order chi connectivity index (χ0) is 23.1. The Labute approximate surface area is 181 Å². The summed E-state index contributed by atoms with van der Waals surface area (Å²) in [4.78, 5) is 47.4. The molecule has 0 saturated heterocycles. The second kappa shape index (κ2) is 10.7. The van der Waals surface area contributed by atoms with Crippen molar-refractivity contribution in [3.05, 3.63) is 38.5 Å². The Bertz CT molecular complexity index is 1130. The Morgan fingerprint density at radius 1 is 1.10 bits per heavy atom. The number of aromatic amines is 1. The number of anilines is 1. The summed E-state index contributed by atoms with van der Waals surface area (Å²) in [6.07, 6.45) is 3.20. The first kappa shape index (κ1) is 24.0. The van der Waals surface area contributed by atoms with Gasteiger partial charge >= 0.3 is 11.7 Å². The van der Waals surface area contributed by atoms with Crippen LogP contribution in [0.5, 0.6) is 0 Å². The van der Waals surface area contributed by atoms with Gasteiger partial charge in [-0.15, -0.1) is 0 Å². The van der Waals surface area contributed by atoms with Gasteiger partial charge in [0.25, 0.3) is 5.56 Å². The van der Waals surface area contributed by atoms with E-state index in [1.165, 1.54) is 0 Å². The topological polar surface area (TPSA) is 121 Å². The Kier molecular flexibility index (Phi) is 8.30. The molecule has 2 N–H and O–H groups in total. The summed E-state index contributed by atoms with van der Waals surface area (Å²) in [7, 11) is 3.91. The van der Waals surface area contributed by atoms with Crippen molar-refractivity contribution in [3.63, 3.8) is 0 Å². The van der Waals surface area contributed by atoms with Crippen LogP contribution >= 0.6 is 0 Å². The van der Waals surface area contributed by atoms with Crippen LogP contribution in [0, 0.1) is 6.92 Å². The van der Waals surface area contributed by atoms with E-state index in [9.17, 15) is 14.4 Å². The van der Waals surface area contributed by atoms with Crippen molar-refractivity contribution in [2.75, 3.05) is 19.0 Å². The van der Waals surface area contributed by atoms with E-state index >= 15 is 0 Å². The summed E-state index contributed by atoms with van der Waals surface area (Å²) in [6, 6.07) is 3.92. The van der Waals surface area contributed by atoms with Crippen LogP contribution in [0.15, 0.2) is 21.7 Å². The molecule has 0 unspecified atom stereocenters. The fourth-order valence-electron chi connectivity index (χ4n) is 3.54. The van der Waals surface area contributed by atoms with Crippen LogP contribution in [-0.2, 0) is 11.3 Å². The third-order valence-electron chi connectivity index (χ3n) is 4.93. The van der Waals surface area contributed by atoms with E-state index in [0.29, 0.717) is 18.5 Å². The minimum Gasteiger partial charge on any atom is -0.481 e. The number of aliphatic carboxylic acids is 1. The normalized spacial score (nSPS) is 10.7. The molecule has 9 heteroatoms. The van der Waals surface area contributed by atoms with Crippen molar-refractivity contribution in [3.8, 4) is 11.5 Å². The number of unbranched alkanes of at least 4 members (excludes halogenated alkanes) is 3. The average molecular weight is 430 g/mol. The second-order valence-corrected chi connectivity index (χ2v) is 7.39. The molecule has 0 atom stereocenters. The monoisotopic (exact) mass is 429 g/mol. The molecule has 2 heterocycles. The number of nitrogens with zero attached hydrogens (tertiary/aromatic N) is 4. The van der Waals surface area contributed by atoms with E-state index in [1.807, 2.05) is 56.5 Å². The van der Waals surface area contributed by atoms with E-state index in [1.54, 1.807) is 0 Å². The number of carboxylic acids is 1. The Balaban J connectivity index is 0.00000166. The lowest BCUT2D eigenvalue weighted by Gasteiger charge is -2.21. The summed E-state index contributed by atoms with van der Waals surface area (Å²) in [5.41, 5.74) is 2.40. The average Bonchev–Trinajstić information content (AvgIpc) is 2.71. The van der Waals surface area contributed by atoms with Crippen molar-refractivity contribution < 1.29 is 9.90 Å². The van der Waals surface area contributed by atoms with E-state index in [4.69, 9.17) is 5.11 Å². The third kappa shape index (κ3) is 5.68. The lowest BCUT2D eigenvalue weighted by Crippen LogP contribution is -2.29. The number of H-pyrrole nitrogens is 1. The highest BCUT2D eigenvalue weighted by molar-refractivity contribution is 5.84. The molecule has 0 spiro atoms. The molecule has 2 aliphatic rings. The van der Waals surface area contributed by atoms with Crippen molar-refractivity contribution >= 4 is 22.7 Å². The van der Waals surface area contributed by atoms with Crippen LogP contribution < -0.4 is 16.1 Å². The van der Waals surface area contributed by atoms with Crippen LogP contribution in [-0.4, -0.2) is 44.7 Å². The minimum absolute atomic E-state index is 0.139. The molecule has 0 bridgehead atoms. The molecule has 168 valence electrons. The highest BCUT2D eigenvalue weighted by Gasteiger charge is 2.19. The van der Waals surface area contributed by atoms with Crippen LogP contribution in [0.4, 0.5) is 5.69 Å². The molecule has 0 saturated carbocycles. The fraction of sp³-hybridized carbons (Fsp3) is 0.500. The molecule has 0 amide bonds. The van der Waals surface area contributed by atoms with Crippen molar-refractivity contribution in [2.45, 2.75) is 59.4 Å². The molecule has 31 heavy (non-hydrogen) atoms. The predicted octanol–water partition coefficient (Wildman–Crippen LogP) is 3.02. The van der Waals surface area contributed by atoms with Crippen molar-refractivity contribution in [1.29, 1.82) is 0 Å². The first-order valence-corrected chi connectivity index (χ1v) is 10.6. The Hall–Kier alpha value is -3.23. The number of hydrogen-bond donors (Lipinski definition) is 2. The Morgan fingerprint density at radius 2 is 1.77 bits per heavy atom. The minimum atomic E-state index is -0.788. The molecule has 9 nitrogen and oxygen atoms in total. The molecule has 1 aromatic rings. The fourth-order valence-corrected chi connectivity index (χ4v) is 3.54. The van der Waals surface area contributed by atoms with Gasteiger partial charge in [-0.25, -0.2) is 9.78 Å². The van der Waals surface area contributed by atoms with Gasteiger partial charge in [0.15, 0.2) is 11.5 Å². The molecule has 2 aliphatic heterocycles. The number of benzene rings is 1. The quantitative estimate of drug-likeness (QED) is 0.417.